The Kier molecular flexibility index (Phi) is 6.63. The Morgan fingerprint density at radius 3 is 2.66 bits per heavy atom. The highest BCUT2D eigenvalue weighted by atomic mass is 32.2. The number of hydrogen-bond donors (Lipinski definition) is 1. The average molecular weight is 473 g/mol. The zero-order chi connectivity index (χ0) is 22.7. The van der Waals surface area contributed by atoms with Crippen molar-refractivity contribution in [1.82, 2.24) is 19.8 Å². The maximum Gasteiger partial charge on any atom is 0.255 e. The third kappa shape index (κ3) is 4.72. The summed E-state index contributed by atoms with van der Waals surface area (Å²) in [6.45, 7) is 3.18. The van der Waals surface area contributed by atoms with Crippen molar-refractivity contribution in [2.45, 2.75) is 36.1 Å². The number of amides is 1. The number of carbonyl (C=O) groups excluding carboxylic acids is 1. The van der Waals surface area contributed by atoms with Gasteiger partial charge in [0.05, 0.1) is 17.0 Å². The summed E-state index contributed by atoms with van der Waals surface area (Å²) in [6.07, 6.45) is 3.80. The van der Waals surface area contributed by atoms with Crippen LogP contribution in [0.15, 0.2) is 56.8 Å². The molecule has 8 nitrogen and oxygen atoms in total. The highest BCUT2D eigenvalue weighted by Gasteiger charge is 2.25. The normalized spacial score (nSPS) is 14.1. The van der Waals surface area contributed by atoms with Crippen LogP contribution in [0.4, 0.5) is 0 Å². The Bertz CT molecular complexity index is 1230. The summed E-state index contributed by atoms with van der Waals surface area (Å²) in [6, 6.07) is 12.2. The first-order chi connectivity index (χ1) is 15.4. The summed E-state index contributed by atoms with van der Waals surface area (Å²) in [4.78, 5) is 19.8. The van der Waals surface area contributed by atoms with Crippen LogP contribution in [0, 0.1) is 6.92 Å². The molecule has 2 aromatic carbocycles. The Labute approximate surface area is 191 Å². The van der Waals surface area contributed by atoms with Crippen molar-refractivity contribution in [3.05, 3.63) is 59.5 Å². The van der Waals surface area contributed by atoms with E-state index in [0.29, 0.717) is 24.5 Å². The molecule has 1 saturated heterocycles. The zero-order valence-corrected chi connectivity index (χ0v) is 19.5. The molecule has 0 spiro atoms. The van der Waals surface area contributed by atoms with Crippen molar-refractivity contribution >= 4 is 27.7 Å². The van der Waals surface area contributed by atoms with Gasteiger partial charge in [0.15, 0.2) is 0 Å². The molecule has 1 aliphatic heterocycles. The van der Waals surface area contributed by atoms with E-state index < -0.39 is 10.0 Å². The SMILES string of the molecule is CSc1ccc(S(=O)(=O)NCc2nc(-c3ccccc3C)no2)cc1C(=O)N1CCCC1. The number of aromatic nitrogens is 2. The third-order valence-corrected chi connectivity index (χ3v) is 7.57. The molecule has 1 fully saturated rings. The van der Waals surface area contributed by atoms with E-state index >= 15 is 0 Å². The van der Waals surface area contributed by atoms with Crippen LogP contribution < -0.4 is 4.72 Å². The van der Waals surface area contributed by atoms with Crippen molar-refractivity contribution in [1.29, 1.82) is 0 Å². The lowest BCUT2D eigenvalue weighted by Crippen LogP contribution is -2.29. The average Bonchev–Trinajstić information content (AvgIpc) is 3.50. The highest BCUT2D eigenvalue weighted by molar-refractivity contribution is 7.98. The van der Waals surface area contributed by atoms with Crippen molar-refractivity contribution in [2.24, 2.45) is 0 Å². The molecular weight excluding hydrogens is 448 g/mol. The summed E-state index contributed by atoms with van der Waals surface area (Å²) in [7, 11) is -3.88. The van der Waals surface area contributed by atoms with Gasteiger partial charge < -0.3 is 9.42 Å². The van der Waals surface area contributed by atoms with Crippen LogP contribution in [0.2, 0.25) is 0 Å². The first-order valence-corrected chi connectivity index (χ1v) is 13.0. The molecular formula is C22H24N4O4S2. The quantitative estimate of drug-likeness (QED) is 0.525. The predicted molar refractivity (Wildman–Crippen MR) is 122 cm³/mol. The molecule has 4 rings (SSSR count). The van der Waals surface area contributed by atoms with Gasteiger partial charge in [0.2, 0.25) is 21.7 Å². The van der Waals surface area contributed by atoms with Crippen LogP contribution in [0.3, 0.4) is 0 Å². The van der Waals surface area contributed by atoms with Gasteiger partial charge in [0, 0.05) is 23.5 Å². The molecule has 3 aromatic rings. The Morgan fingerprint density at radius 2 is 1.94 bits per heavy atom. The van der Waals surface area contributed by atoms with Crippen LogP contribution in [-0.2, 0) is 16.6 Å². The lowest BCUT2D eigenvalue weighted by atomic mass is 10.1. The van der Waals surface area contributed by atoms with Crippen LogP contribution >= 0.6 is 11.8 Å². The molecule has 0 radical (unpaired) electrons. The third-order valence-electron chi connectivity index (χ3n) is 5.37. The van der Waals surface area contributed by atoms with E-state index in [1.54, 1.807) is 11.0 Å². The number of aryl methyl sites for hydroxylation is 1. The molecule has 2 heterocycles. The van der Waals surface area contributed by atoms with E-state index in [9.17, 15) is 13.2 Å². The first kappa shape index (κ1) is 22.5. The first-order valence-electron chi connectivity index (χ1n) is 10.2. The number of rotatable bonds is 7. The van der Waals surface area contributed by atoms with Gasteiger partial charge in [0.1, 0.15) is 0 Å². The van der Waals surface area contributed by atoms with Gasteiger partial charge >= 0.3 is 0 Å². The van der Waals surface area contributed by atoms with E-state index in [-0.39, 0.29) is 23.2 Å². The second kappa shape index (κ2) is 9.43. The lowest BCUT2D eigenvalue weighted by Gasteiger charge is -2.18. The monoisotopic (exact) mass is 472 g/mol. The van der Waals surface area contributed by atoms with Crippen LogP contribution in [-0.4, -0.2) is 48.7 Å². The van der Waals surface area contributed by atoms with Crippen LogP contribution in [0.1, 0.15) is 34.7 Å². The minimum atomic E-state index is -3.88. The van der Waals surface area contributed by atoms with Gasteiger partial charge in [-0.3, -0.25) is 4.79 Å². The number of nitrogens with zero attached hydrogens (tertiary/aromatic N) is 3. The molecule has 0 aliphatic carbocycles. The fourth-order valence-electron chi connectivity index (χ4n) is 3.61. The van der Waals surface area contributed by atoms with Gasteiger partial charge in [-0.05, 0) is 49.8 Å². The fraction of sp³-hybridized carbons (Fsp3) is 0.318. The van der Waals surface area contributed by atoms with Crippen LogP contribution in [0.5, 0.6) is 0 Å². The second-order valence-electron chi connectivity index (χ2n) is 7.51. The molecule has 1 N–H and O–H groups in total. The molecule has 0 saturated carbocycles. The van der Waals surface area contributed by atoms with E-state index in [2.05, 4.69) is 14.9 Å². The van der Waals surface area contributed by atoms with Gasteiger partial charge in [0.25, 0.3) is 5.91 Å². The maximum absolute atomic E-state index is 12.9. The molecule has 0 bridgehead atoms. The highest BCUT2D eigenvalue weighted by Crippen LogP contribution is 2.26. The molecule has 32 heavy (non-hydrogen) atoms. The largest absolute Gasteiger partial charge is 0.339 e. The molecule has 1 aromatic heterocycles. The Balaban J connectivity index is 1.52. The molecule has 168 valence electrons. The fourth-order valence-corrected chi connectivity index (χ4v) is 5.18. The molecule has 10 heteroatoms. The van der Waals surface area contributed by atoms with E-state index in [1.807, 2.05) is 37.4 Å². The van der Waals surface area contributed by atoms with Gasteiger partial charge in [-0.2, -0.15) is 4.98 Å². The standard InChI is InChI=1S/C22H24N4O4S2/c1-15-7-3-4-8-17(15)21-24-20(30-25-21)14-23-32(28,29)16-9-10-19(31-2)18(13-16)22(27)26-11-5-6-12-26/h3-4,7-10,13,23H,5-6,11-12,14H2,1-2H3. The molecule has 1 amide bonds. The number of sulfonamides is 1. The van der Waals surface area contributed by atoms with Crippen molar-refractivity contribution < 1.29 is 17.7 Å². The number of likely N-dealkylation sites (tertiary alicyclic amines) is 1. The van der Waals surface area contributed by atoms with Crippen molar-refractivity contribution in [3.8, 4) is 11.4 Å². The van der Waals surface area contributed by atoms with Crippen LogP contribution in [0.25, 0.3) is 11.4 Å². The van der Waals surface area contributed by atoms with Crippen molar-refractivity contribution in [2.75, 3.05) is 19.3 Å². The molecule has 1 aliphatic rings. The van der Waals surface area contributed by atoms with E-state index in [0.717, 1.165) is 28.9 Å². The number of thioether (sulfide) groups is 1. The van der Waals surface area contributed by atoms with Gasteiger partial charge in [-0.1, -0.05) is 29.4 Å². The minimum absolute atomic E-state index is 0.0245. The zero-order valence-electron chi connectivity index (χ0n) is 17.9. The van der Waals surface area contributed by atoms with E-state index in [1.165, 1.54) is 23.9 Å². The maximum atomic E-state index is 12.9. The summed E-state index contributed by atoms with van der Waals surface area (Å²) < 4.78 is 33.5. The summed E-state index contributed by atoms with van der Waals surface area (Å²) in [5.41, 5.74) is 2.22. The second-order valence-corrected chi connectivity index (χ2v) is 10.1. The topological polar surface area (TPSA) is 105 Å². The summed E-state index contributed by atoms with van der Waals surface area (Å²) in [5.74, 6) is 0.421. The smallest absolute Gasteiger partial charge is 0.255 e. The molecule has 0 atom stereocenters. The predicted octanol–water partition coefficient (Wildman–Crippen LogP) is 3.48. The summed E-state index contributed by atoms with van der Waals surface area (Å²) >= 11 is 1.42. The lowest BCUT2D eigenvalue weighted by molar-refractivity contribution is 0.0789. The Hall–Kier alpha value is -2.69. The number of benzene rings is 2. The number of nitrogens with one attached hydrogen (secondary N) is 1. The summed E-state index contributed by atoms with van der Waals surface area (Å²) in [5, 5.41) is 3.95. The minimum Gasteiger partial charge on any atom is -0.339 e. The number of carbonyl (C=O) groups is 1. The van der Waals surface area contributed by atoms with E-state index in [4.69, 9.17) is 4.52 Å². The van der Waals surface area contributed by atoms with Crippen molar-refractivity contribution in [3.63, 3.8) is 0 Å². The van der Waals surface area contributed by atoms with Gasteiger partial charge in [-0.15, -0.1) is 11.8 Å². The number of hydrogen-bond acceptors (Lipinski definition) is 7. The molecule has 0 unspecified atom stereocenters. The Morgan fingerprint density at radius 1 is 1.19 bits per heavy atom. The van der Waals surface area contributed by atoms with Gasteiger partial charge in [-0.25, -0.2) is 13.1 Å².